The number of ether oxygens (including phenoxy) is 1. The summed E-state index contributed by atoms with van der Waals surface area (Å²) in [4.78, 5) is 12.1. The lowest BCUT2D eigenvalue weighted by Crippen LogP contribution is -2.53. The van der Waals surface area contributed by atoms with Gasteiger partial charge in [-0.1, -0.05) is 6.92 Å². The molecule has 1 rings (SSSR count). The second kappa shape index (κ2) is 6.54. The molecule has 0 aromatic carbocycles. The van der Waals surface area contributed by atoms with Crippen molar-refractivity contribution in [3.63, 3.8) is 0 Å². The average Bonchev–Trinajstić information content (AvgIpc) is 2.72. The van der Waals surface area contributed by atoms with Crippen LogP contribution >= 0.6 is 0 Å². The lowest BCUT2D eigenvalue weighted by molar-refractivity contribution is -0.151. The Morgan fingerprint density at radius 1 is 1.56 bits per heavy atom. The van der Waals surface area contributed by atoms with E-state index in [2.05, 4.69) is 17.3 Å². The van der Waals surface area contributed by atoms with E-state index in [1.807, 2.05) is 27.0 Å². The van der Waals surface area contributed by atoms with Crippen molar-refractivity contribution in [1.29, 1.82) is 0 Å². The van der Waals surface area contributed by atoms with Gasteiger partial charge in [-0.3, -0.25) is 4.68 Å². The Morgan fingerprint density at radius 3 is 2.78 bits per heavy atom. The van der Waals surface area contributed by atoms with E-state index in [1.54, 1.807) is 10.9 Å². The molecule has 1 unspecified atom stereocenters. The van der Waals surface area contributed by atoms with Crippen molar-refractivity contribution in [2.75, 3.05) is 13.2 Å². The lowest BCUT2D eigenvalue weighted by atomic mass is 10.0. The van der Waals surface area contributed by atoms with Crippen molar-refractivity contribution >= 4 is 5.97 Å². The topological polar surface area (TPSA) is 56.2 Å². The molecule has 18 heavy (non-hydrogen) atoms. The number of carbonyl (C=O) groups is 1. The molecule has 1 heterocycles. The number of carbonyl (C=O) groups excluding carboxylic acids is 1. The SMILES string of the molecule is CCCNC(C)(Cn1cc(C)cn1)C(=O)OCC. The minimum absolute atomic E-state index is 0.230. The first-order valence-corrected chi connectivity index (χ1v) is 6.43. The number of nitrogens with one attached hydrogen (secondary N) is 1. The van der Waals surface area contributed by atoms with Crippen molar-refractivity contribution in [2.24, 2.45) is 0 Å². The molecule has 0 saturated heterocycles. The molecule has 1 N–H and O–H groups in total. The first kappa shape index (κ1) is 14.7. The Kier molecular flexibility index (Phi) is 5.34. The van der Waals surface area contributed by atoms with Gasteiger partial charge >= 0.3 is 5.97 Å². The lowest BCUT2D eigenvalue weighted by Gasteiger charge is -2.28. The van der Waals surface area contributed by atoms with E-state index in [0.29, 0.717) is 13.2 Å². The first-order chi connectivity index (χ1) is 8.51. The molecule has 5 heteroatoms. The maximum absolute atomic E-state index is 12.1. The van der Waals surface area contributed by atoms with Gasteiger partial charge in [0.2, 0.25) is 0 Å². The zero-order valence-corrected chi connectivity index (χ0v) is 11.7. The van der Waals surface area contributed by atoms with Crippen LogP contribution in [0.5, 0.6) is 0 Å². The van der Waals surface area contributed by atoms with Crippen LogP contribution < -0.4 is 5.32 Å². The number of aromatic nitrogens is 2. The summed E-state index contributed by atoms with van der Waals surface area (Å²) in [6.07, 6.45) is 4.67. The minimum Gasteiger partial charge on any atom is -0.465 e. The van der Waals surface area contributed by atoms with Crippen molar-refractivity contribution in [3.05, 3.63) is 18.0 Å². The van der Waals surface area contributed by atoms with Gasteiger partial charge in [-0.05, 0) is 39.3 Å². The van der Waals surface area contributed by atoms with Gasteiger partial charge in [-0.2, -0.15) is 5.10 Å². The van der Waals surface area contributed by atoms with E-state index in [0.717, 1.165) is 18.5 Å². The van der Waals surface area contributed by atoms with Crippen molar-refractivity contribution in [1.82, 2.24) is 15.1 Å². The van der Waals surface area contributed by atoms with Gasteiger partial charge in [0.15, 0.2) is 0 Å². The molecule has 0 radical (unpaired) electrons. The highest BCUT2D eigenvalue weighted by molar-refractivity contribution is 5.80. The molecule has 0 saturated carbocycles. The molecular formula is C13H23N3O2. The number of aryl methyl sites for hydroxylation is 1. The van der Waals surface area contributed by atoms with Crippen LogP contribution in [-0.4, -0.2) is 34.4 Å². The van der Waals surface area contributed by atoms with Gasteiger partial charge < -0.3 is 10.1 Å². The fourth-order valence-electron chi connectivity index (χ4n) is 1.76. The molecule has 0 aliphatic rings. The Labute approximate surface area is 109 Å². The third-order valence-corrected chi connectivity index (χ3v) is 2.73. The maximum atomic E-state index is 12.1. The summed E-state index contributed by atoms with van der Waals surface area (Å²) in [5.41, 5.74) is 0.349. The summed E-state index contributed by atoms with van der Waals surface area (Å²) >= 11 is 0. The van der Waals surface area contributed by atoms with Gasteiger partial charge in [0.25, 0.3) is 0 Å². The van der Waals surface area contributed by atoms with Crippen molar-refractivity contribution in [2.45, 2.75) is 46.2 Å². The van der Waals surface area contributed by atoms with Gasteiger partial charge in [-0.15, -0.1) is 0 Å². The molecule has 0 spiro atoms. The van der Waals surface area contributed by atoms with Gasteiger partial charge in [-0.25, -0.2) is 4.79 Å². The van der Waals surface area contributed by atoms with Crippen LogP contribution in [0.4, 0.5) is 0 Å². The number of nitrogens with zero attached hydrogens (tertiary/aromatic N) is 2. The summed E-state index contributed by atoms with van der Waals surface area (Å²) < 4.78 is 6.91. The fourth-order valence-corrected chi connectivity index (χ4v) is 1.76. The molecule has 1 aromatic rings. The molecule has 1 aromatic heterocycles. The molecule has 0 bridgehead atoms. The second-order valence-corrected chi connectivity index (χ2v) is 4.69. The highest BCUT2D eigenvalue weighted by Gasteiger charge is 2.34. The molecule has 5 nitrogen and oxygen atoms in total. The van der Waals surface area contributed by atoms with Crippen molar-refractivity contribution in [3.8, 4) is 0 Å². The number of rotatable bonds is 7. The molecule has 1 atom stereocenters. The normalized spacial score (nSPS) is 14.2. The number of hydrogen-bond acceptors (Lipinski definition) is 4. The standard InChI is InChI=1S/C13H23N3O2/c1-5-7-14-13(4,12(17)18-6-2)10-16-9-11(3)8-15-16/h8-9,14H,5-7,10H2,1-4H3. The zero-order chi connectivity index (χ0) is 13.6. The third kappa shape index (κ3) is 3.84. The van der Waals surface area contributed by atoms with Gasteiger partial charge in [0, 0.05) is 6.20 Å². The highest BCUT2D eigenvalue weighted by Crippen LogP contribution is 2.11. The Balaban J connectivity index is 2.79. The zero-order valence-electron chi connectivity index (χ0n) is 11.7. The number of esters is 1. The summed E-state index contributed by atoms with van der Waals surface area (Å²) in [7, 11) is 0. The summed E-state index contributed by atoms with van der Waals surface area (Å²) in [5, 5.41) is 7.47. The van der Waals surface area contributed by atoms with Crippen LogP contribution in [0, 0.1) is 6.92 Å². The highest BCUT2D eigenvalue weighted by atomic mass is 16.5. The van der Waals surface area contributed by atoms with Crippen LogP contribution in [0.3, 0.4) is 0 Å². The summed E-state index contributed by atoms with van der Waals surface area (Å²) in [5.74, 6) is -0.230. The molecule has 0 fully saturated rings. The Bertz CT molecular complexity index is 389. The van der Waals surface area contributed by atoms with Gasteiger partial charge in [0.05, 0.1) is 19.3 Å². The third-order valence-electron chi connectivity index (χ3n) is 2.73. The minimum atomic E-state index is -0.732. The average molecular weight is 253 g/mol. The first-order valence-electron chi connectivity index (χ1n) is 6.43. The maximum Gasteiger partial charge on any atom is 0.327 e. The number of hydrogen-bond donors (Lipinski definition) is 1. The summed E-state index contributed by atoms with van der Waals surface area (Å²) in [6, 6.07) is 0. The molecule has 0 aliphatic carbocycles. The molecule has 102 valence electrons. The van der Waals surface area contributed by atoms with Crippen LogP contribution in [-0.2, 0) is 16.1 Å². The van der Waals surface area contributed by atoms with Gasteiger partial charge in [0.1, 0.15) is 5.54 Å². The smallest absolute Gasteiger partial charge is 0.327 e. The van der Waals surface area contributed by atoms with Crippen LogP contribution in [0.1, 0.15) is 32.8 Å². The second-order valence-electron chi connectivity index (χ2n) is 4.69. The van der Waals surface area contributed by atoms with E-state index < -0.39 is 5.54 Å². The van der Waals surface area contributed by atoms with E-state index in [-0.39, 0.29) is 5.97 Å². The predicted molar refractivity (Wildman–Crippen MR) is 70.3 cm³/mol. The van der Waals surface area contributed by atoms with Crippen LogP contribution in [0.15, 0.2) is 12.4 Å². The van der Waals surface area contributed by atoms with E-state index in [9.17, 15) is 4.79 Å². The Hall–Kier alpha value is -1.36. The van der Waals surface area contributed by atoms with Crippen molar-refractivity contribution < 1.29 is 9.53 Å². The largest absolute Gasteiger partial charge is 0.465 e. The molecular weight excluding hydrogens is 230 g/mol. The summed E-state index contributed by atoms with van der Waals surface area (Å²) in [6.45, 7) is 9.35. The monoisotopic (exact) mass is 253 g/mol. The van der Waals surface area contributed by atoms with Crippen LogP contribution in [0.25, 0.3) is 0 Å². The van der Waals surface area contributed by atoms with E-state index in [1.165, 1.54) is 0 Å². The fraction of sp³-hybridized carbons (Fsp3) is 0.692. The van der Waals surface area contributed by atoms with E-state index >= 15 is 0 Å². The van der Waals surface area contributed by atoms with E-state index in [4.69, 9.17) is 4.74 Å². The Morgan fingerprint density at radius 2 is 2.28 bits per heavy atom. The molecule has 0 aliphatic heterocycles. The quantitative estimate of drug-likeness (QED) is 0.748. The molecule has 0 amide bonds. The van der Waals surface area contributed by atoms with Crippen LogP contribution in [0.2, 0.25) is 0 Å². The predicted octanol–water partition coefficient (Wildman–Crippen LogP) is 1.51.